The molecule has 0 radical (unpaired) electrons. The number of fused-ring (bicyclic) bond motifs is 1. The molecule has 196 valence electrons. The molecular weight excluding hydrogens is 526 g/mol. The topological polar surface area (TPSA) is 90.9 Å². The molecule has 8 nitrogen and oxygen atoms in total. The van der Waals surface area contributed by atoms with Gasteiger partial charge in [-0.05, 0) is 61.1 Å². The highest BCUT2D eigenvalue weighted by atomic mass is 35.5. The van der Waals surface area contributed by atoms with Gasteiger partial charge in [-0.2, -0.15) is 0 Å². The molecular formula is C28H26ClN3O5S. The highest BCUT2D eigenvalue weighted by Crippen LogP contribution is 2.38. The van der Waals surface area contributed by atoms with Gasteiger partial charge in [-0.1, -0.05) is 36.7 Å². The van der Waals surface area contributed by atoms with Gasteiger partial charge in [0.2, 0.25) is 0 Å². The van der Waals surface area contributed by atoms with Crippen molar-refractivity contribution in [2.75, 3.05) is 19.5 Å². The van der Waals surface area contributed by atoms with E-state index in [1.807, 2.05) is 25.1 Å². The zero-order valence-electron chi connectivity index (χ0n) is 21.0. The molecule has 0 fully saturated rings. The number of thiocarbonyl (C=S) groups is 1. The number of hydrogen-bond donors (Lipinski definition) is 2. The molecule has 0 bridgehead atoms. The van der Waals surface area contributed by atoms with Crippen LogP contribution in [0.15, 0.2) is 72.9 Å². The molecule has 0 aliphatic rings. The molecule has 1 aromatic heterocycles. The van der Waals surface area contributed by atoms with Crippen LogP contribution in [0.5, 0.6) is 28.7 Å². The first-order valence-corrected chi connectivity index (χ1v) is 12.5. The number of nitrogens with one attached hydrogen (secondary N) is 2. The third-order valence-electron chi connectivity index (χ3n) is 5.54. The van der Waals surface area contributed by atoms with Crippen molar-refractivity contribution >= 4 is 51.4 Å². The number of benzene rings is 3. The molecule has 38 heavy (non-hydrogen) atoms. The van der Waals surface area contributed by atoms with E-state index in [1.165, 1.54) is 0 Å². The maximum Gasteiger partial charge on any atom is 0.267 e. The van der Waals surface area contributed by atoms with Gasteiger partial charge < -0.3 is 24.3 Å². The molecule has 10 heteroatoms. The number of anilines is 1. The molecule has 4 rings (SSSR count). The highest BCUT2D eigenvalue weighted by Gasteiger charge is 2.20. The van der Waals surface area contributed by atoms with Crippen molar-refractivity contribution in [3.05, 3.63) is 77.9 Å². The second kappa shape index (κ2) is 12.4. The minimum absolute atomic E-state index is 0.121. The summed E-state index contributed by atoms with van der Waals surface area (Å²) < 4.78 is 22.6. The summed E-state index contributed by atoms with van der Waals surface area (Å²) in [5, 5.41) is 6.83. The fourth-order valence-corrected chi connectivity index (χ4v) is 4.09. The van der Waals surface area contributed by atoms with Crippen LogP contribution in [0.4, 0.5) is 5.69 Å². The maximum absolute atomic E-state index is 12.7. The first kappa shape index (κ1) is 27.0. The van der Waals surface area contributed by atoms with Crippen LogP contribution in [0.25, 0.3) is 10.9 Å². The van der Waals surface area contributed by atoms with E-state index in [-0.39, 0.29) is 11.0 Å². The molecule has 1 unspecified atom stereocenters. The number of carbonyl (C=O) groups is 1. The lowest BCUT2D eigenvalue weighted by Crippen LogP contribution is -2.43. The summed E-state index contributed by atoms with van der Waals surface area (Å²) in [6, 6.07) is 19.6. The van der Waals surface area contributed by atoms with Gasteiger partial charge in [0, 0.05) is 23.3 Å². The van der Waals surface area contributed by atoms with E-state index in [4.69, 9.17) is 42.8 Å². The van der Waals surface area contributed by atoms with E-state index in [9.17, 15) is 4.79 Å². The van der Waals surface area contributed by atoms with Gasteiger partial charge in [0.25, 0.3) is 5.91 Å². The second-order valence-corrected chi connectivity index (χ2v) is 8.87. The lowest BCUT2D eigenvalue weighted by atomic mass is 10.2. The van der Waals surface area contributed by atoms with E-state index in [0.717, 1.165) is 5.39 Å². The van der Waals surface area contributed by atoms with Gasteiger partial charge in [0.15, 0.2) is 22.7 Å². The molecule has 0 aliphatic heterocycles. The molecule has 0 saturated heterocycles. The number of pyridine rings is 1. The Hall–Kier alpha value is -4.08. The molecule has 2 N–H and O–H groups in total. The Morgan fingerprint density at radius 2 is 1.71 bits per heavy atom. The summed E-state index contributed by atoms with van der Waals surface area (Å²) in [4.78, 5) is 17.1. The van der Waals surface area contributed by atoms with Gasteiger partial charge in [-0.25, -0.2) is 0 Å². The number of methoxy groups -OCH3 is 2. The Balaban J connectivity index is 1.43. The van der Waals surface area contributed by atoms with Crippen LogP contribution in [0.3, 0.4) is 0 Å². The number of aromatic nitrogens is 1. The Bertz CT molecular complexity index is 1450. The average Bonchev–Trinajstić information content (AvgIpc) is 2.92. The monoisotopic (exact) mass is 551 g/mol. The largest absolute Gasteiger partial charge is 0.493 e. The fraction of sp³-hybridized carbons (Fsp3) is 0.179. The first-order valence-electron chi connectivity index (χ1n) is 11.7. The predicted molar refractivity (Wildman–Crippen MR) is 152 cm³/mol. The van der Waals surface area contributed by atoms with Crippen LogP contribution in [0, 0.1) is 0 Å². The number of halogens is 1. The van der Waals surface area contributed by atoms with Crippen molar-refractivity contribution in [1.29, 1.82) is 0 Å². The Morgan fingerprint density at radius 1 is 0.974 bits per heavy atom. The molecule has 3 aromatic carbocycles. The Kier molecular flexibility index (Phi) is 8.83. The van der Waals surface area contributed by atoms with Crippen molar-refractivity contribution in [1.82, 2.24) is 10.3 Å². The van der Waals surface area contributed by atoms with Crippen LogP contribution in [0.1, 0.15) is 13.3 Å². The summed E-state index contributed by atoms with van der Waals surface area (Å²) in [7, 11) is 3.13. The number of hydrogen-bond acceptors (Lipinski definition) is 7. The van der Waals surface area contributed by atoms with Crippen LogP contribution < -0.4 is 29.6 Å². The van der Waals surface area contributed by atoms with Gasteiger partial charge in [-0.15, -0.1) is 0 Å². The third kappa shape index (κ3) is 6.42. The molecule has 0 spiro atoms. The minimum atomic E-state index is -0.690. The van der Waals surface area contributed by atoms with Gasteiger partial charge >= 0.3 is 0 Å². The van der Waals surface area contributed by atoms with E-state index in [2.05, 4.69) is 15.6 Å². The second-order valence-electron chi connectivity index (χ2n) is 8.05. The van der Waals surface area contributed by atoms with E-state index < -0.39 is 6.10 Å². The maximum atomic E-state index is 12.7. The standard InChI is InChI=1S/C28H26ClN3O5S/c1-4-22(36-18-8-6-5-7-9-18)27(33)32-28(38)31-17-10-11-24(20(29)14-17)37-23-12-13-30-21-16-26(35-3)25(34-2)15-19(21)23/h5-16,22H,4H2,1-3H3,(H2,31,32,33,38). The van der Waals surface area contributed by atoms with Crippen LogP contribution in [-0.4, -0.2) is 36.3 Å². The first-order chi connectivity index (χ1) is 18.4. The number of para-hydroxylation sites is 1. The van der Waals surface area contributed by atoms with E-state index >= 15 is 0 Å². The van der Waals surface area contributed by atoms with Crippen molar-refractivity contribution in [3.8, 4) is 28.7 Å². The Morgan fingerprint density at radius 3 is 2.39 bits per heavy atom. The Labute approximate surface area is 230 Å². The predicted octanol–water partition coefficient (Wildman–Crippen LogP) is 6.37. The normalized spacial score (nSPS) is 11.4. The van der Waals surface area contributed by atoms with Crippen LogP contribution in [-0.2, 0) is 4.79 Å². The smallest absolute Gasteiger partial charge is 0.267 e. The molecule has 0 aliphatic carbocycles. The average molecular weight is 552 g/mol. The lowest BCUT2D eigenvalue weighted by molar-refractivity contribution is -0.126. The van der Waals surface area contributed by atoms with E-state index in [1.54, 1.807) is 68.9 Å². The summed E-state index contributed by atoms with van der Waals surface area (Å²) >= 11 is 11.8. The SMILES string of the molecule is CCC(Oc1ccccc1)C(=O)NC(=S)Nc1ccc(Oc2ccnc3cc(OC)c(OC)cc23)c(Cl)c1. The molecule has 4 aromatic rings. The highest BCUT2D eigenvalue weighted by molar-refractivity contribution is 7.80. The van der Waals surface area contributed by atoms with Gasteiger partial charge in [-0.3, -0.25) is 15.1 Å². The van der Waals surface area contributed by atoms with Crippen molar-refractivity contribution in [2.45, 2.75) is 19.4 Å². The summed E-state index contributed by atoms with van der Waals surface area (Å²) in [5.74, 6) is 2.35. The lowest BCUT2D eigenvalue weighted by Gasteiger charge is -2.18. The minimum Gasteiger partial charge on any atom is -0.493 e. The summed E-state index contributed by atoms with van der Waals surface area (Å²) in [5.41, 5.74) is 1.26. The summed E-state index contributed by atoms with van der Waals surface area (Å²) in [6.07, 6.45) is 1.42. The quantitative estimate of drug-likeness (QED) is 0.232. The zero-order chi connectivity index (χ0) is 27.1. The fourth-order valence-electron chi connectivity index (χ4n) is 3.66. The number of rotatable bonds is 9. The number of amides is 1. The number of ether oxygens (including phenoxy) is 4. The van der Waals surface area contributed by atoms with E-state index in [0.29, 0.717) is 51.4 Å². The third-order valence-corrected chi connectivity index (χ3v) is 6.04. The van der Waals surface area contributed by atoms with Gasteiger partial charge in [0.05, 0.1) is 24.8 Å². The molecule has 1 atom stereocenters. The molecule has 1 amide bonds. The number of nitrogens with zero attached hydrogens (tertiary/aromatic N) is 1. The van der Waals surface area contributed by atoms with Crippen molar-refractivity contribution < 1.29 is 23.7 Å². The molecule has 1 heterocycles. The summed E-state index contributed by atoms with van der Waals surface area (Å²) in [6.45, 7) is 1.86. The van der Waals surface area contributed by atoms with Crippen LogP contribution in [0.2, 0.25) is 5.02 Å². The van der Waals surface area contributed by atoms with Gasteiger partial charge in [0.1, 0.15) is 17.2 Å². The van der Waals surface area contributed by atoms with Crippen molar-refractivity contribution in [3.63, 3.8) is 0 Å². The zero-order valence-corrected chi connectivity index (χ0v) is 22.6. The van der Waals surface area contributed by atoms with Crippen molar-refractivity contribution in [2.24, 2.45) is 0 Å². The van der Waals surface area contributed by atoms with Crippen LogP contribution >= 0.6 is 23.8 Å². The number of carbonyl (C=O) groups excluding carboxylic acids is 1. The molecule has 0 saturated carbocycles.